The van der Waals surface area contributed by atoms with Crippen molar-refractivity contribution in [3.63, 3.8) is 0 Å². The van der Waals surface area contributed by atoms with E-state index in [-0.39, 0.29) is 0 Å². The molecule has 1 saturated carbocycles. The Labute approximate surface area is 157 Å². The van der Waals surface area contributed by atoms with E-state index in [0.29, 0.717) is 13.2 Å². The van der Waals surface area contributed by atoms with Crippen molar-refractivity contribution in [2.45, 2.75) is 32.7 Å². The van der Waals surface area contributed by atoms with Gasteiger partial charge in [-0.05, 0) is 42.9 Å². The first-order chi connectivity index (χ1) is 12.7. The Morgan fingerprint density at radius 1 is 1.27 bits per heavy atom. The van der Waals surface area contributed by atoms with Crippen molar-refractivity contribution in [1.29, 1.82) is 0 Å². The van der Waals surface area contributed by atoms with Gasteiger partial charge >= 0.3 is 0 Å². The highest BCUT2D eigenvalue weighted by Crippen LogP contribution is 2.29. The van der Waals surface area contributed by atoms with Crippen LogP contribution in [0.15, 0.2) is 23.2 Å². The standard InChI is InChI=1S/C20H33N3O3/c1-5-11-26-18-9-8-17(13-19(18)24-4)14-22-20(21-2)23(3)10-12-25-15-16-6-7-16/h8-9,13,16H,5-7,10-12,14-15H2,1-4H3,(H,21,22). The van der Waals surface area contributed by atoms with Crippen LogP contribution in [0.4, 0.5) is 0 Å². The third kappa shape index (κ3) is 6.75. The predicted octanol–water partition coefficient (Wildman–Crippen LogP) is 2.92. The number of hydrogen-bond donors (Lipinski definition) is 1. The van der Waals surface area contributed by atoms with Crippen molar-refractivity contribution < 1.29 is 14.2 Å². The molecular formula is C20H33N3O3. The van der Waals surface area contributed by atoms with Crippen LogP contribution in [0.5, 0.6) is 11.5 Å². The van der Waals surface area contributed by atoms with E-state index < -0.39 is 0 Å². The number of nitrogens with one attached hydrogen (secondary N) is 1. The summed E-state index contributed by atoms with van der Waals surface area (Å²) in [5, 5.41) is 3.39. The van der Waals surface area contributed by atoms with Crippen molar-refractivity contribution in [2.75, 3.05) is 47.6 Å². The summed E-state index contributed by atoms with van der Waals surface area (Å²) in [6, 6.07) is 6.01. The van der Waals surface area contributed by atoms with Crippen LogP contribution in [-0.4, -0.2) is 58.4 Å². The Bertz CT molecular complexity index is 573. The average molecular weight is 364 g/mol. The molecule has 1 aromatic carbocycles. The number of likely N-dealkylation sites (N-methyl/N-ethyl adjacent to an activating group) is 1. The molecule has 0 bridgehead atoms. The lowest BCUT2D eigenvalue weighted by Gasteiger charge is -2.22. The molecule has 0 heterocycles. The average Bonchev–Trinajstić information content (AvgIpc) is 3.48. The van der Waals surface area contributed by atoms with E-state index in [1.165, 1.54) is 12.8 Å². The minimum atomic E-state index is 0.671. The number of guanidine groups is 1. The first-order valence-electron chi connectivity index (χ1n) is 9.47. The molecule has 0 radical (unpaired) electrons. The Hall–Kier alpha value is -1.95. The second kappa shape index (κ2) is 10.9. The summed E-state index contributed by atoms with van der Waals surface area (Å²) in [6.07, 6.45) is 3.62. The smallest absolute Gasteiger partial charge is 0.193 e. The lowest BCUT2D eigenvalue weighted by Crippen LogP contribution is -2.40. The van der Waals surface area contributed by atoms with Gasteiger partial charge in [0.05, 0.1) is 20.3 Å². The maximum Gasteiger partial charge on any atom is 0.193 e. The number of rotatable bonds is 11. The lowest BCUT2D eigenvalue weighted by atomic mass is 10.2. The molecule has 6 heteroatoms. The molecule has 1 N–H and O–H groups in total. The predicted molar refractivity (Wildman–Crippen MR) is 105 cm³/mol. The van der Waals surface area contributed by atoms with Crippen LogP contribution < -0.4 is 14.8 Å². The molecule has 2 rings (SSSR count). The largest absolute Gasteiger partial charge is 0.493 e. The zero-order valence-corrected chi connectivity index (χ0v) is 16.6. The highest BCUT2D eigenvalue weighted by atomic mass is 16.5. The molecule has 0 aliphatic heterocycles. The number of hydrogen-bond acceptors (Lipinski definition) is 4. The van der Waals surface area contributed by atoms with Gasteiger partial charge in [0, 0.05) is 33.8 Å². The summed E-state index contributed by atoms with van der Waals surface area (Å²) in [6.45, 7) is 5.89. The Kier molecular flexibility index (Phi) is 8.54. The third-order valence-electron chi connectivity index (χ3n) is 4.34. The maximum atomic E-state index is 5.71. The molecule has 1 aromatic rings. The molecule has 146 valence electrons. The summed E-state index contributed by atoms with van der Waals surface area (Å²) in [5.41, 5.74) is 1.12. The van der Waals surface area contributed by atoms with Crippen LogP contribution in [-0.2, 0) is 11.3 Å². The fraction of sp³-hybridized carbons (Fsp3) is 0.650. The van der Waals surface area contributed by atoms with Gasteiger partial charge in [-0.3, -0.25) is 4.99 Å². The van der Waals surface area contributed by atoms with E-state index >= 15 is 0 Å². The molecule has 1 aliphatic carbocycles. The van der Waals surface area contributed by atoms with Crippen LogP contribution >= 0.6 is 0 Å². The van der Waals surface area contributed by atoms with Gasteiger partial charge in [0.25, 0.3) is 0 Å². The van der Waals surface area contributed by atoms with Crippen LogP contribution in [0, 0.1) is 5.92 Å². The van der Waals surface area contributed by atoms with Gasteiger partial charge in [-0.2, -0.15) is 0 Å². The summed E-state index contributed by atoms with van der Waals surface area (Å²) in [7, 11) is 5.49. The van der Waals surface area contributed by atoms with Crippen LogP contribution in [0.3, 0.4) is 0 Å². The molecule has 1 aliphatic rings. The normalized spacial score (nSPS) is 14.2. The van der Waals surface area contributed by atoms with E-state index in [1.807, 2.05) is 25.2 Å². The fourth-order valence-electron chi connectivity index (χ4n) is 2.56. The van der Waals surface area contributed by atoms with E-state index in [1.54, 1.807) is 14.2 Å². The van der Waals surface area contributed by atoms with E-state index in [0.717, 1.165) is 55.1 Å². The van der Waals surface area contributed by atoms with Crippen molar-refractivity contribution in [1.82, 2.24) is 10.2 Å². The minimum absolute atomic E-state index is 0.671. The van der Waals surface area contributed by atoms with Crippen LogP contribution in [0.1, 0.15) is 31.7 Å². The van der Waals surface area contributed by atoms with Crippen molar-refractivity contribution in [2.24, 2.45) is 10.9 Å². The van der Waals surface area contributed by atoms with Crippen LogP contribution in [0.2, 0.25) is 0 Å². The first kappa shape index (κ1) is 20.4. The minimum Gasteiger partial charge on any atom is -0.493 e. The molecular weight excluding hydrogens is 330 g/mol. The fourth-order valence-corrected chi connectivity index (χ4v) is 2.56. The van der Waals surface area contributed by atoms with E-state index in [4.69, 9.17) is 14.2 Å². The summed E-state index contributed by atoms with van der Waals surface area (Å²) in [5.74, 6) is 3.20. The topological polar surface area (TPSA) is 55.3 Å². The summed E-state index contributed by atoms with van der Waals surface area (Å²) in [4.78, 5) is 6.44. The monoisotopic (exact) mass is 363 g/mol. The zero-order chi connectivity index (χ0) is 18.8. The molecule has 0 amide bonds. The molecule has 1 fully saturated rings. The van der Waals surface area contributed by atoms with E-state index in [2.05, 4.69) is 22.1 Å². The Balaban J connectivity index is 1.80. The molecule has 6 nitrogen and oxygen atoms in total. The highest BCUT2D eigenvalue weighted by Gasteiger charge is 2.21. The number of ether oxygens (including phenoxy) is 3. The van der Waals surface area contributed by atoms with Gasteiger partial charge in [-0.25, -0.2) is 0 Å². The first-order valence-corrected chi connectivity index (χ1v) is 9.47. The van der Waals surface area contributed by atoms with Gasteiger partial charge < -0.3 is 24.4 Å². The molecule has 26 heavy (non-hydrogen) atoms. The summed E-state index contributed by atoms with van der Waals surface area (Å²) < 4.78 is 16.9. The quantitative estimate of drug-likeness (QED) is 0.372. The second-order valence-electron chi connectivity index (χ2n) is 6.67. The van der Waals surface area contributed by atoms with Gasteiger partial charge in [0.1, 0.15) is 0 Å². The highest BCUT2D eigenvalue weighted by molar-refractivity contribution is 5.79. The Morgan fingerprint density at radius 3 is 2.73 bits per heavy atom. The lowest BCUT2D eigenvalue weighted by molar-refractivity contribution is 0.115. The van der Waals surface area contributed by atoms with Gasteiger partial charge in [-0.15, -0.1) is 0 Å². The van der Waals surface area contributed by atoms with Crippen molar-refractivity contribution in [3.8, 4) is 11.5 Å². The molecule has 0 spiro atoms. The van der Waals surface area contributed by atoms with Crippen LogP contribution in [0.25, 0.3) is 0 Å². The SMILES string of the molecule is CCCOc1ccc(CNC(=NC)N(C)CCOCC2CC2)cc1OC. The van der Waals surface area contributed by atoms with Crippen molar-refractivity contribution in [3.05, 3.63) is 23.8 Å². The molecule has 0 saturated heterocycles. The van der Waals surface area contributed by atoms with E-state index in [9.17, 15) is 0 Å². The van der Waals surface area contributed by atoms with Crippen molar-refractivity contribution >= 4 is 5.96 Å². The second-order valence-corrected chi connectivity index (χ2v) is 6.67. The number of aliphatic imine (C=N–C) groups is 1. The van der Waals surface area contributed by atoms with Gasteiger partial charge in [0.2, 0.25) is 0 Å². The maximum absolute atomic E-state index is 5.71. The van der Waals surface area contributed by atoms with Gasteiger partial charge in [-0.1, -0.05) is 13.0 Å². The third-order valence-corrected chi connectivity index (χ3v) is 4.34. The zero-order valence-electron chi connectivity index (χ0n) is 16.6. The Morgan fingerprint density at radius 2 is 2.08 bits per heavy atom. The molecule has 0 atom stereocenters. The number of nitrogens with zero attached hydrogens (tertiary/aromatic N) is 2. The van der Waals surface area contributed by atoms with Gasteiger partial charge in [0.15, 0.2) is 17.5 Å². The molecule has 0 aromatic heterocycles. The molecule has 0 unspecified atom stereocenters. The summed E-state index contributed by atoms with van der Waals surface area (Å²) >= 11 is 0. The number of benzene rings is 1. The number of methoxy groups -OCH3 is 1.